The van der Waals surface area contributed by atoms with E-state index in [2.05, 4.69) is 0 Å². The molecule has 2 aromatic rings. The van der Waals surface area contributed by atoms with Crippen molar-refractivity contribution >= 4 is 16.9 Å². The zero-order chi connectivity index (χ0) is 11.9. The molecule has 0 unspecified atom stereocenters. The van der Waals surface area contributed by atoms with Gasteiger partial charge in [-0.15, -0.1) is 0 Å². The minimum absolute atomic E-state index is 0.0399. The molecule has 0 amide bonds. The Morgan fingerprint density at radius 2 is 2.06 bits per heavy atom. The van der Waals surface area contributed by atoms with Crippen molar-refractivity contribution in [3.05, 3.63) is 45.6 Å². The highest BCUT2D eigenvalue weighted by Crippen LogP contribution is 2.18. The summed E-state index contributed by atoms with van der Waals surface area (Å²) in [7, 11) is 0. The lowest BCUT2D eigenvalue weighted by Crippen LogP contribution is -2.12. The number of carbonyl (C=O) groups is 1. The van der Waals surface area contributed by atoms with Crippen LogP contribution in [0.4, 0.5) is 4.39 Å². The number of rotatable bonds is 1. The maximum absolute atomic E-state index is 13.2. The van der Waals surface area contributed by atoms with E-state index < -0.39 is 23.0 Å². The minimum Gasteiger partial charge on any atom is -0.477 e. The fourth-order valence-electron chi connectivity index (χ4n) is 1.41. The largest absolute Gasteiger partial charge is 0.477 e. The molecular formula is C11H7FO4. The van der Waals surface area contributed by atoms with Gasteiger partial charge in [-0.1, -0.05) is 0 Å². The Balaban J connectivity index is 2.85. The molecule has 0 spiro atoms. The first-order valence-electron chi connectivity index (χ1n) is 4.46. The van der Waals surface area contributed by atoms with Crippen LogP contribution < -0.4 is 5.63 Å². The summed E-state index contributed by atoms with van der Waals surface area (Å²) < 4.78 is 17.9. The fraction of sp³-hybridized carbons (Fsp3) is 0.0909. The summed E-state index contributed by atoms with van der Waals surface area (Å²) in [6, 6.07) is 3.67. The molecule has 2 rings (SSSR count). The highest BCUT2D eigenvalue weighted by atomic mass is 19.1. The summed E-state index contributed by atoms with van der Waals surface area (Å²) in [5.41, 5.74) is -1.04. The van der Waals surface area contributed by atoms with Crippen molar-refractivity contribution in [2.75, 3.05) is 0 Å². The van der Waals surface area contributed by atoms with E-state index in [9.17, 15) is 14.0 Å². The SMILES string of the molecule is Cc1cc2cc(C(=O)O)c(=O)oc2cc1F. The molecule has 0 radical (unpaired) electrons. The van der Waals surface area contributed by atoms with Crippen LogP contribution in [0.5, 0.6) is 0 Å². The highest BCUT2D eigenvalue weighted by Gasteiger charge is 2.13. The van der Waals surface area contributed by atoms with Crippen molar-refractivity contribution in [2.45, 2.75) is 6.92 Å². The first kappa shape index (κ1) is 10.4. The molecule has 0 bridgehead atoms. The molecule has 0 saturated heterocycles. The van der Waals surface area contributed by atoms with Crippen molar-refractivity contribution in [1.29, 1.82) is 0 Å². The first-order valence-corrected chi connectivity index (χ1v) is 4.46. The molecule has 1 heterocycles. The Bertz CT molecular complexity index is 642. The molecule has 5 heteroatoms. The Morgan fingerprint density at radius 3 is 2.69 bits per heavy atom. The van der Waals surface area contributed by atoms with Crippen molar-refractivity contribution in [3.63, 3.8) is 0 Å². The van der Waals surface area contributed by atoms with Crippen molar-refractivity contribution in [3.8, 4) is 0 Å². The van der Waals surface area contributed by atoms with Gasteiger partial charge in [-0.3, -0.25) is 0 Å². The molecule has 1 N–H and O–H groups in total. The number of aryl methyl sites for hydroxylation is 1. The van der Waals surface area contributed by atoms with Crippen LogP contribution in [-0.2, 0) is 0 Å². The number of hydrogen-bond donors (Lipinski definition) is 1. The molecule has 0 saturated carbocycles. The van der Waals surface area contributed by atoms with Gasteiger partial charge >= 0.3 is 11.6 Å². The molecule has 1 aromatic heterocycles. The second-order valence-corrected chi connectivity index (χ2v) is 3.39. The van der Waals surface area contributed by atoms with Crippen LogP contribution >= 0.6 is 0 Å². The molecule has 0 atom stereocenters. The number of fused-ring (bicyclic) bond motifs is 1. The zero-order valence-corrected chi connectivity index (χ0v) is 8.28. The lowest BCUT2D eigenvalue weighted by atomic mass is 10.1. The van der Waals surface area contributed by atoms with Gasteiger partial charge in [-0.25, -0.2) is 14.0 Å². The molecule has 4 nitrogen and oxygen atoms in total. The number of halogens is 1. The van der Waals surface area contributed by atoms with E-state index in [1.807, 2.05) is 0 Å². The molecule has 0 fully saturated rings. The maximum atomic E-state index is 13.2. The molecule has 16 heavy (non-hydrogen) atoms. The lowest BCUT2D eigenvalue weighted by Gasteiger charge is -2.01. The van der Waals surface area contributed by atoms with Crippen LogP contribution in [0.25, 0.3) is 11.0 Å². The normalized spacial score (nSPS) is 10.6. The number of hydrogen-bond acceptors (Lipinski definition) is 3. The topological polar surface area (TPSA) is 67.5 Å². The molecule has 0 aliphatic carbocycles. The smallest absolute Gasteiger partial charge is 0.351 e. The van der Waals surface area contributed by atoms with E-state index in [0.717, 1.165) is 6.07 Å². The van der Waals surface area contributed by atoms with Crippen LogP contribution in [0.2, 0.25) is 0 Å². The third-order valence-electron chi connectivity index (χ3n) is 2.24. The van der Waals surface area contributed by atoms with E-state index in [0.29, 0.717) is 10.9 Å². The van der Waals surface area contributed by atoms with Crippen molar-refractivity contribution < 1.29 is 18.7 Å². The third-order valence-corrected chi connectivity index (χ3v) is 2.24. The van der Waals surface area contributed by atoms with Gasteiger partial charge in [0.25, 0.3) is 0 Å². The Morgan fingerprint density at radius 1 is 1.38 bits per heavy atom. The predicted molar refractivity (Wildman–Crippen MR) is 54.1 cm³/mol. The summed E-state index contributed by atoms with van der Waals surface area (Å²) in [5.74, 6) is -1.86. The average Bonchev–Trinajstić information content (AvgIpc) is 2.19. The number of benzene rings is 1. The number of aromatic carboxylic acids is 1. The second-order valence-electron chi connectivity index (χ2n) is 3.39. The molecule has 82 valence electrons. The second kappa shape index (κ2) is 3.44. The maximum Gasteiger partial charge on any atom is 0.351 e. The van der Waals surface area contributed by atoms with Gasteiger partial charge < -0.3 is 9.52 Å². The quantitative estimate of drug-likeness (QED) is 0.748. The minimum atomic E-state index is -1.36. The fourth-order valence-corrected chi connectivity index (χ4v) is 1.41. The van der Waals surface area contributed by atoms with E-state index >= 15 is 0 Å². The monoisotopic (exact) mass is 222 g/mol. The summed E-state index contributed by atoms with van der Waals surface area (Å²) in [5, 5.41) is 9.10. The Hall–Kier alpha value is -2.17. The van der Waals surface area contributed by atoms with Gasteiger partial charge in [0.15, 0.2) is 0 Å². The highest BCUT2D eigenvalue weighted by molar-refractivity contribution is 5.91. The van der Waals surface area contributed by atoms with E-state index in [1.165, 1.54) is 12.1 Å². The van der Waals surface area contributed by atoms with E-state index in [-0.39, 0.29) is 5.58 Å². The van der Waals surface area contributed by atoms with Gasteiger partial charge in [0.1, 0.15) is 17.0 Å². The van der Waals surface area contributed by atoms with Crippen molar-refractivity contribution in [2.24, 2.45) is 0 Å². The summed E-state index contributed by atoms with van der Waals surface area (Å²) in [4.78, 5) is 21.9. The predicted octanol–water partition coefficient (Wildman–Crippen LogP) is 1.94. The average molecular weight is 222 g/mol. The van der Waals surface area contributed by atoms with Gasteiger partial charge in [-0.2, -0.15) is 0 Å². The van der Waals surface area contributed by atoms with E-state index in [1.54, 1.807) is 6.92 Å². The standard InChI is InChI=1S/C11H7FO4/c1-5-2-6-3-7(10(13)14)11(15)16-9(6)4-8(5)12/h2-4H,1H3,(H,13,14). The van der Waals surface area contributed by atoms with Crippen molar-refractivity contribution in [1.82, 2.24) is 0 Å². The first-order chi connectivity index (χ1) is 7.49. The van der Waals surface area contributed by atoms with Gasteiger partial charge in [0.2, 0.25) is 0 Å². The Labute approximate surface area is 88.9 Å². The van der Waals surface area contributed by atoms with Crippen LogP contribution in [0.1, 0.15) is 15.9 Å². The van der Waals surface area contributed by atoms with Crippen LogP contribution in [-0.4, -0.2) is 11.1 Å². The molecule has 1 aromatic carbocycles. The molecule has 0 aliphatic heterocycles. The van der Waals surface area contributed by atoms with Crippen LogP contribution in [0.3, 0.4) is 0 Å². The van der Waals surface area contributed by atoms with Gasteiger partial charge in [0.05, 0.1) is 0 Å². The lowest BCUT2D eigenvalue weighted by molar-refractivity contribution is 0.0692. The van der Waals surface area contributed by atoms with E-state index in [4.69, 9.17) is 9.52 Å². The number of carboxylic acids is 1. The number of carboxylic acid groups (broad SMARTS) is 1. The van der Waals surface area contributed by atoms with Gasteiger partial charge in [0, 0.05) is 11.5 Å². The molecular weight excluding hydrogens is 215 g/mol. The molecule has 0 aliphatic rings. The van der Waals surface area contributed by atoms with Crippen LogP contribution in [0.15, 0.2) is 27.4 Å². The van der Waals surface area contributed by atoms with Gasteiger partial charge in [-0.05, 0) is 24.6 Å². The van der Waals surface area contributed by atoms with Crippen LogP contribution in [0, 0.1) is 12.7 Å². The summed E-state index contributed by atoms with van der Waals surface area (Å²) in [6.45, 7) is 1.54. The third kappa shape index (κ3) is 1.56. The Kier molecular flexibility index (Phi) is 2.23. The summed E-state index contributed by atoms with van der Waals surface area (Å²) >= 11 is 0. The summed E-state index contributed by atoms with van der Waals surface area (Å²) in [6.07, 6.45) is 0. The zero-order valence-electron chi connectivity index (χ0n) is 8.28.